The Kier molecular flexibility index (Phi) is 6.15. The number of rotatable bonds is 7. The van der Waals surface area contributed by atoms with E-state index in [4.69, 9.17) is 4.74 Å². The second-order valence-corrected chi connectivity index (χ2v) is 13.7. The van der Waals surface area contributed by atoms with Gasteiger partial charge in [-0.05, 0) is 86.5 Å². The molecule has 198 valence electrons. The number of hydrogen-bond acceptors (Lipinski definition) is 6. The van der Waals surface area contributed by atoms with E-state index in [1.807, 2.05) is 13.1 Å². The van der Waals surface area contributed by atoms with Crippen LogP contribution in [0, 0.1) is 16.6 Å². The Morgan fingerprint density at radius 1 is 1.16 bits per heavy atom. The zero-order chi connectivity index (χ0) is 26.0. The molecule has 1 aliphatic heterocycles. The highest BCUT2D eigenvalue weighted by molar-refractivity contribution is 8.00. The number of nitrogens with zero attached hydrogens (tertiary/aromatic N) is 2. The summed E-state index contributed by atoms with van der Waals surface area (Å²) in [4.78, 5) is 15.9. The summed E-state index contributed by atoms with van der Waals surface area (Å²) >= 11 is 3.29. The Morgan fingerprint density at radius 2 is 1.86 bits per heavy atom. The SMILES string of the molecule is CN1CCN(c2ccc(F)cc2)c2cc(SC3CC4(CC4)C3)c(OCC3(C(=O)O)CC(F)(F)C3)cc2S1. The van der Waals surface area contributed by atoms with Gasteiger partial charge in [-0.15, -0.1) is 11.8 Å². The number of ether oxygens (including phenoxy) is 1. The van der Waals surface area contributed by atoms with E-state index >= 15 is 0 Å². The zero-order valence-electron chi connectivity index (χ0n) is 20.5. The van der Waals surface area contributed by atoms with Crippen LogP contribution in [0.25, 0.3) is 0 Å². The molecule has 0 unspecified atom stereocenters. The van der Waals surface area contributed by atoms with E-state index < -0.39 is 30.1 Å². The first-order valence-corrected chi connectivity index (χ1v) is 14.2. The van der Waals surface area contributed by atoms with Crippen LogP contribution in [-0.2, 0) is 4.79 Å². The first-order chi connectivity index (χ1) is 17.6. The summed E-state index contributed by atoms with van der Waals surface area (Å²) in [5.41, 5.74) is 0.801. The Hall–Kier alpha value is -2.04. The standard InChI is InChI=1S/C27H29F3N2O3S2/c1-31-8-9-32(18-4-2-17(28)3-5-18)20-10-23(36-19-12-25(13-19)6-7-25)21(11-22(20)37-31)35-16-26(24(33)34)14-27(29,30)15-26/h2-5,10-11,19H,6-9,12-16H2,1H3,(H,33,34). The van der Waals surface area contributed by atoms with Gasteiger partial charge in [-0.1, -0.05) is 0 Å². The molecule has 0 saturated heterocycles. The second-order valence-electron chi connectivity index (χ2n) is 11.1. The van der Waals surface area contributed by atoms with Crippen molar-refractivity contribution < 1.29 is 27.8 Å². The molecule has 0 aromatic heterocycles. The fourth-order valence-electron chi connectivity index (χ4n) is 5.71. The Bertz CT molecular complexity index is 1210. The molecule has 0 amide bonds. The van der Waals surface area contributed by atoms with Crippen molar-refractivity contribution in [3.8, 4) is 5.75 Å². The van der Waals surface area contributed by atoms with Gasteiger partial charge in [0.15, 0.2) is 0 Å². The molecule has 0 atom stereocenters. The number of carboxylic acids is 1. The summed E-state index contributed by atoms with van der Waals surface area (Å²) in [6.45, 7) is 1.18. The first kappa shape index (κ1) is 25.2. The Balaban J connectivity index is 1.34. The summed E-state index contributed by atoms with van der Waals surface area (Å²) in [6.07, 6.45) is 3.47. The van der Waals surface area contributed by atoms with Gasteiger partial charge < -0.3 is 14.7 Å². The van der Waals surface area contributed by atoms with E-state index in [0.717, 1.165) is 40.6 Å². The lowest BCUT2D eigenvalue weighted by Gasteiger charge is -2.43. The number of benzene rings is 2. The maximum absolute atomic E-state index is 13.7. The van der Waals surface area contributed by atoms with Crippen LogP contribution in [0.4, 0.5) is 24.5 Å². The molecule has 37 heavy (non-hydrogen) atoms. The van der Waals surface area contributed by atoms with Gasteiger partial charge >= 0.3 is 5.97 Å². The van der Waals surface area contributed by atoms with Crippen LogP contribution in [0.2, 0.25) is 0 Å². The van der Waals surface area contributed by atoms with Crippen LogP contribution in [0.15, 0.2) is 46.2 Å². The van der Waals surface area contributed by atoms with Crippen LogP contribution >= 0.6 is 23.7 Å². The van der Waals surface area contributed by atoms with Gasteiger partial charge in [-0.25, -0.2) is 17.5 Å². The minimum atomic E-state index is -2.97. The summed E-state index contributed by atoms with van der Waals surface area (Å²) in [5, 5.41) is 10.2. The molecule has 1 N–H and O–H groups in total. The molecule has 5 nitrogen and oxygen atoms in total. The quantitative estimate of drug-likeness (QED) is 0.379. The summed E-state index contributed by atoms with van der Waals surface area (Å²) < 4.78 is 49.2. The highest BCUT2D eigenvalue weighted by atomic mass is 32.2. The molecule has 0 bridgehead atoms. The number of anilines is 2. The maximum Gasteiger partial charge on any atom is 0.313 e. The van der Waals surface area contributed by atoms with Gasteiger partial charge in [0, 0.05) is 36.9 Å². The number of thioether (sulfide) groups is 1. The van der Waals surface area contributed by atoms with Crippen molar-refractivity contribution >= 4 is 41.1 Å². The van der Waals surface area contributed by atoms with Crippen molar-refractivity contribution in [2.75, 3.05) is 31.6 Å². The zero-order valence-corrected chi connectivity index (χ0v) is 22.1. The number of aliphatic carboxylic acids is 1. The van der Waals surface area contributed by atoms with Crippen LogP contribution in [0.5, 0.6) is 5.75 Å². The summed E-state index contributed by atoms with van der Waals surface area (Å²) in [7, 11) is 1.99. The van der Waals surface area contributed by atoms with Crippen molar-refractivity contribution in [2.24, 2.45) is 10.8 Å². The predicted octanol–water partition coefficient (Wildman–Crippen LogP) is 6.83. The molecule has 4 aliphatic rings. The number of hydrogen-bond donors (Lipinski definition) is 1. The third kappa shape index (κ3) is 4.92. The topological polar surface area (TPSA) is 53.0 Å². The van der Waals surface area contributed by atoms with Gasteiger partial charge in [0.25, 0.3) is 5.92 Å². The van der Waals surface area contributed by atoms with E-state index in [0.29, 0.717) is 23.0 Å². The van der Waals surface area contributed by atoms with Gasteiger partial charge in [-0.2, -0.15) is 0 Å². The van der Waals surface area contributed by atoms with Crippen molar-refractivity contribution in [3.05, 3.63) is 42.2 Å². The van der Waals surface area contributed by atoms with Crippen molar-refractivity contribution in [1.29, 1.82) is 0 Å². The van der Waals surface area contributed by atoms with E-state index in [1.54, 1.807) is 35.8 Å². The Labute approximate surface area is 222 Å². The van der Waals surface area contributed by atoms with Crippen molar-refractivity contribution in [2.45, 2.75) is 59.5 Å². The largest absolute Gasteiger partial charge is 0.491 e. The lowest BCUT2D eigenvalue weighted by atomic mass is 9.66. The molecular formula is C27H29F3N2O3S2. The third-order valence-electron chi connectivity index (χ3n) is 8.07. The molecule has 10 heteroatoms. The molecule has 6 rings (SSSR count). The summed E-state index contributed by atoms with van der Waals surface area (Å²) in [5.74, 6) is -3.96. The fourth-order valence-corrected chi connectivity index (χ4v) is 8.28. The van der Waals surface area contributed by atoms with Crippen LogP contribution < -0.4 is 9.64 Å². The van der Waals surface area contributed by atoms with Gasteiger partial charge in [0.1, 0.15) is 23.6 Å². The molecule has 0 radical (unpaired) electrons. The number of likely N-dealkylation sites (N-methyl/N-ethyl adjacent to an activating group) is 1. The number of carbonyl (C=O) groups is 1. The molecule has 1 heterocycles. The minimum Gasteiger partial charge on any atom is -0.491 e. The number of halogens is 3. The maximum atomic E-state index is 13.7. The van der Waals surface area contributed by atoms with Crippen LogP contribution in [0.1, 0.15) is 38.5 Å². The van der Waals surface area contributed by atoms with Gasteiger partial charge in [0.05, 0.1) is 15.5 Å². The normalized spacial score (nSPS) is 23.5. The monoisotopic (exact) mass is 550 g/mol. The molecular weight excluding hydrogens is 521 g/mol. The average Bonchev–Trinajstić information content (AvgIpc) is 3.61. The van der Waals surface area contributed by atoms with Crippen molar-refractivity contribution in [1.82, 2.24) is 4.31 Å². The van der Waals surface area contributed by atoms with E-state index in [-0.39, 0.29) is 12.4 Å². The molecule has 2 aromatic carbocycles. The lowest BCUT2D eigenvalue weighted by Crippen LogP contribution is -2.54. The fraction of sp³-hybridized carbons (Fsp3) is 0.519. The van der Waals surface area contributed by atoms with E-state index in [9.17, 15) is 23.1 Å². The highest BCUT2D eigenvalue weighted by Crippen LogP contribution is 2.65. The van der Waals surface area contributed by atoms with Gasteiger partial charge in [-0.3, -0.25) is 4.79 Å². The van der Waals surface area contributed by atoms with E-state index in [2.05, 4.69) is 15.3 Å². The van der Waals surface area contributed by atoms with Gasteiger partial charge in [0.2, 0.25) is 0 Å². The average molecular weight is 551 g/mol. The Morgan fingerprint density at radius 3 is 2.49 bits per heavy atom. The first-order valence-electron chi connectivity index (χ1n) is 12.6. The smallest absolute Gasteiger partial charge is 0.313 e. The van der Waals surface area contributed by atoms with Crippen LogP contribution in [0.3, 0.4) is 0 Å². The van der Waals surface area contributed by atoms with E-state index in [1.165, 1.54) is 25.0 Å². The number of alkyl halides is 2. The highest BCUT2D eigenvalue weighted by Gasteiger charge is 2.62. The molecule has 1 spiro atoms. The third-order valence-corrected chi connectivity index (χ3v) is 10.3. The minimum absolute atomic E-state index is 0.291. The van der Waals surface area contributed by atoms with Crippen LogP contribution in [-0.4, -0.2) is 53.3 Å². The number of carboxylic acid groups (broad SMARTS) is 1. The van der Waals surface area contributed by atoms with Crippen molar-refractivity contribution in [3.63, 3.8) is 0 Å². The second kappa shape index (κ2) is 9.02. The molecule has 3 aliphatic carbocycles. The molecule has 3 fully saturated rings. The predicted molar refractivity (Wildman–Crippen MR) is 139 cm³/mol. The number of fused-ring (bicyclic) bond motifs is 1. The summed E-state index contributed by atoms with van der Waals surface area (Å²) in [6, 6.07) is 10.4. The molecule has 2 aromatic rings. The lowest BCUT2D eigenvalue weighted by molar-refractivity contribution is -0.199. The molecule has 3 saturated carbocycles.